The molecule has 0 aliphatic carbocycles. The molecular weight excluding hydrogens is 210 g/mol. The SMILES string of the molecule is Cn1ncc(CO)c1NC(=O)OC(C)(C)C. The zero-order chi connectivity index (χ0) is 12.3. The van der Waals surface area contributed by atoms with Crippen LogP contribution in [-0.4, -0.2) is 26.6 Å². The fourth-order valence-electron chi connectivity index (χ4n) is 1.16. The fraction of sp³-hybridized carbons (Fsp3) is 0.600. The summed E-state index contributed by atoms with van der Waals surface area (Å²) >= 11 is 0. The first-order valence-electron chi connectivity index (χ1n) is 4.95. The zero-order valence-corrected chi connectivity index (χ0v) is 9.94. The van der Waals surface area contributed by atoms with Gasteiger partial charge in [0.05, 0.1) is 12.8 Å². The summed E-state index contributed by atoms with van der Waals surface area (Å²) in [6.07, 6.45) is 0.929. The van der Waals surface area contributed by atoms with Crippen molar-refractivity contribution in [1.82, 2.24) is 9.78 Å². The Bertz CT molecular complexity index is 379. The molecular formula is C10H17N3O3. The molecule has 0 aliphatic rings. The van der Waals surface area contributed by atoms with Gasteiger partial charge in [0.15, 0.2) is 0 Å². The van der Waals surface area contributed by atoms with Crippen LogP contribution < -0.4 is 5.32 Å². The molecule has 0 bridgehead atoms. The maximum atomic E-state index is 11.5. The maximum absolute atomic E-state index is 11.5. The molecule has 0 atom stereocenters. The number of aliphatic hydroxyl groups is 1. The number of amides is 1. The van der Waals surface area contributed by atoms with Crippen LogP contribution >= 0.6 is 0 Å². The monoisotopic (exact) mass is 227 g/mol. The highest BCUT2D eigenvalue weighted by Crippen LogP contribution is 2.15. The molecule has 6 heteroatoms. The van der Waals surface area contributed by atoms with Crippen molar-refractivity contribution in [3.8, 4) is 0 Å². The van der Waals surface area contributed by atoms with Crippen molar-refractivity contribution in [1.29, 1.82) is 0 Å². The number of ether oxygens (including phenoxy) is 1. The Balaban J connectivity index is 2.73. The lowest BCUT2D eigenvalue weighted by Gasteiger charge is -2.19. The molecule has 0 radical (unpaired) electrons. The second kappa shape index (κ2) is 4.52. The Hall–Kier alpha value is -1.56. The Morgan fingerprint density at radius 1 is 1.62 bits per heavy atom. The molecule has 2 N–H and O–H groups in total. The van der Waals surface area contributed by atoms with Gasteiger partial charge in [-0.05, 0) is 20.8 Å². The van der Waals surface area contributed by atoms with Crippen LogP contribution in [0.15, 0.2) is 6.20 Å². The summed E-state index contributed by atoms with van der Waals surface area (Å²) in [5.41, 5.74) is -0.00411. The van der Waals surface area contributed by atoms with Crippen LogP contribution in [0.4, 0.5) is 10.6 Å². The van der Waals surface area contributed by atoms with Gasteiger partial charge in [-0.15, -0.1) is 0 Å². The number of nitrogens with zero attached hydrogens (tertiary/aromatic N) is 2. The van der Waals surface area contributed by atoms with Crippen molar-refractivity contribution in [2.24, 2.45) is 7.05 Å². The van der Waals surface area contributed by atoms with Gasteiger partial charge >= 0.3 is 6.09 Å². The lowest BCUT2D eigenvalue weighted by atomic mass is 10.2. The van der Waals surface area contributed by atoms with Crippen molar-refractivity contribution >= 4 is 11.9 Å². The van der Waals surface area contributed by atoms with Gasteiger partial charge < -0.3 is 9.84 Å². The third-order valence-corrected chi connectivity index (χ3v) is 1.80. The van der Waals surface area contributed by atoms with Crippen molar-refractivity contribution in [3.05, 3.63) is 11.8 Å². The number of hydrogen-bond acceptors (Lipinski definition) is 4. The van der Waals surface area contributed by atoms with Crippen molar-refractivity contribution in [2.45, 2.75) is 33.0 Å². The highest BCUT2D eigenvalue weighted by molar-refractivity contribution is 5.84. The van der Waals surface area contributed by atoms with Crippen LogP contribution in [0, 0.1) is 0 Å². The number of aryl methyl sites for hydroxylation is 1. The number of nitrogens with one attached hydrogen (secondary N) is 1. The van der Waals surface area contributed by atoms with E-state index >= 15 is 0 Å². The highest BCUT2D eigenvalue weighted by Gasteiger charge is 2.18. The number of hydrogen-bond donors (Lipinski definition) is 2. The van der Waals surface area contributed by atoms with E-state index in [1.165, 1.54) is 10.9 Å². The normalized spacial score (nSPS) is 11.3. The molecule has 0 fully saturated rings. The summed E-state index contributed by atoms with van der Waals surface area (Å²) in [6, 6.07) is 0. The average molecular weight is 227 g/mol. The summed E-state index contributed by atoms with van der Waals surface area (Å²) in [5, 5.41) is 15.5. The Kier molecular flexibility index (Phi) is 3.54. The molecule has 1 rings (SSSR count). The molecule has 1 heterocycles. The second-order valence-electron chi connectivity index (χ2n) is 4.43. The quantitative estimate of drug-likeness (QED) is 0.797. The number of carbonyl (C=O) groups excluding carboxylic acids is 1. The van der Waals surface area contributed by atoms with Gasteiger partial charge in [0, 0.05) is 12.6 Å². The summed E-state index contributed by atoms with van der Waals surface area (Å²) in [7, 11) is 1.67. The standard InChI is InChI=1S/C10H17N3O3/c1-10(2,3)16-9(15)12-8-7(6-14)5-11-13(8)4/h5,14H,6H2,1-4H3,(H,12,15). The molecule has 6 nitrogen and oxygen atoms in total. The van der Waals surface area contributed by atoms with Gasteiger partial charge in [-0.25, -0.2) is 4.79 Å². The van der Waals surface area contributed by atoms with Crippen molar-refractivity contribution in [2.75, 3.05) is 5.32 Å². The first kappa shape index (κ1) is 12.5. The van der Waals surface area contributed by atoms with E-state index in [-0.39, 0.29) is 6.61 Å². The van der Waals surface area contributed by atoms with E-state index in [0.29, 0.717) is 11.4 Å². The van der Waals surface area contributed by atoms with Crippen LogP contribution in [0.25, 0.3) is 0 Å². The molecule has 90 valence electrons. The van der Waals surface area contributed by atoms with E-state index in [1.807, 2.05) is 0 Å². The number of aliphatic hydroxyl groups excluding tert-OH is 1. The van der Waals surface area contributed by atoms with Crippen molar-refractivity contribution in [3.63, 3.8) is 0 Å². The van der Waals surface area contributed by atoms with E-state index in [1.54, 1.807) is 27.8 Å². The zero-order valence-electron chi connectivity index (χ0n) is 9.94. The van der Waals surface area contributed by atoms with E-state index in [2.05, 4.69) is 10.4 Å². The van der Waals surface area contributed by atoms with Crippen LogP contribution in [0.1, 0.15) is 26.3 Å². The predicted octanol–water partition coefficient (Wildman–Crippen LogP) is 1.26. The Labute approximate surface area is 94.2 Å². The maximum Gasteiger partial charge on any atom is 0.413 e. The van der Waals surface area contributed by atoms with E-state index < -0.39 is 11.7 Å². The number of rotatable bonds is 2. The Morgan fingerprint density at radius 2 is 2.25 bits per heavy atom. The van der Waals surface area contributed by atoms with E-state index in [4.69, 9.17) is 9.84 Å². The molecule has 1 aromatic rings. The van der Waals surface area contributed by atoms with Crippen molar-refractivity contribution < 1.29 is 14.6 Å². The molecule has 0 saturated carbocycles. The molecule has 0 saturated heterocycles. The molecule has 0 unspecified atom stereocenters. The van der Waals surface area contributed by atoms with E-state index in [9.17, 15) is 4.79 Å². The molecule has 0 spiro atoms. The number of carbonyl (C=O) groups is 1. The lowest BCUT2D eigenvalue weighted by Crippen LogP contribution is -2.28. The molecule has 1 aromatic heterocycles. The third-order valence-electron chi connectivity index (χ3n) is 1.80. The topological polar surface area (TPSA) is 76.4 Å². The van der Waals surface area contributed by atoms with Crippen LogP contribution in [0.5, 0.6) is 0 Å². The molecule has 0 aromatic carbocycles. The van der Waals surface area contributed by atoms with Gasteiger partial charge in [0.25, 0.3) is 0 Å². The minimum absolute atomic E-state index is 0.182. The third kappa shape index (κ3) is 3.23. The molecule has 16 heavy (non-hydrogen) atoms. The summed E-state index contributed by atoms with van der Waals surface area (Å²) in [4.78, 5) is 11.5. The average Bonchev–Trinajstić information content (AvgIpc) is 2.44. The summed E-state index contributed by atoms with van der Waals surface area (Å²) < 4.78 is 6.56. The van der Waals surface area contributed by atoms with Gasteiger partial charge in [-0.1, -0.05) is 0 Å². The fourth-order valence-corrected chi connectivity index (χ4v) is 1.16. The summed E-state index contributed by atoms with van der Waals surface area (Å²) in [5.74, 6) is 0.441. The van der Waals surface area contributed by atoms with Gasteiger partial charge in [-0.2, -0.15) is 5.10 Å². The van der Waals surface area contributed by atoms with Gasteiger partial charge in [-0.3, -0.25) is 10.00 Å². The first-order valence-corrected chi connectivity index (χ1v) is 4.95. The van der Waals surface area contributed by atoms with Gasteiger partial charge in [0.2, 0.25) is 0 Å². The largest absolute Gasteiger partial charge is 0.444 e. The highest BCUT2D eigenvalue weighted by atomic mass is 16.6. The smallest absolute Gasteiger partial charge is 0.413 e. The molecule has 1 amide bonds. The van der Waals surface area contributed by atoms with Crippen LogP contribution in [0.2, 0.25) is 0 Å². The Morgan fingerprint density at radius 3 is 2.75 bits per heavy atom. The molecule has 0 aliphatic heterocycles. The van der Waals surface area contributed by atoms with Crippen LogP contribution in [-0.2, 0) is 18.4 Å². The van der Waals surface area contributed by atoms with E-state index in [0.717, 1.165) is 0 Å². The predicted molar refractivity (Wildman–Crippen MR) is 59.0 cm³/mol. The van der Waals surface area contributed by atoms with Gasteiger partial charge in [0.1, 0.15) is 11.4 Å². The number of aromatic nitrogens is 2. The lowest BCUT2D eigenvalue weighted by molar-refractivity contribution is 0.0634. The minimum atomic E-state index is -0.564. The second-order valence-corrected chi connectivity index (χ2v) is 4.43. The first-order chi connectivity index (χ1) is 7.33. The minimum Gasteiger partial charge on any atom is -0.444 e. The summed E-state index contributed by atoms with van der Waals surface area (Å²) in [6.45, 7) is 5.16. The number of anilines is 1. The van der Waals surface area contributed by atoms with Crippen LogP contribution in [0.3, 0.4) is 0 Å².